The Morgan fingerprint density at radius 2 is 1.41 bits per heavy atom. The van der Waals surface area contributed by atoms with Crippen LogP contribution < -0.4 is 14.8 Å². The van der Waals surface area contributed by atoms with Crippen LogP contribution in [0.15, 0.2) is 24.3 Å². The van der Waals surface area contributed by atoms with Gasteiger partial charge in [-0.3, -0.25) is 10.0 Å². The van der Waals surface area contributed by atoms with Crippen LogP contribution in [0.25, 0.3) is 0 Å². The summed E-state index contributed by atoms with van der Waals surface area (Å²) in [5.74, 6) is -1.51. The molecule has 0 saturated carbocycles. The van der Waals surface area contributed by atoms with Gasteiger partial charge in [0.15, 0.2) is 11.6 Å². The molecule has 0 spiro atoms. The number of hydrogen-bond donors (Lipinski definition) is 3. The first-order valence-electron chi connectivity index (χ1n) is 6.94. The van der Waals surface area contributed by atoms with Crippen molar-refractivity contribution in [2.45, 2.75) is 7.59 Å². The number of aromatic nitrogens is 3. The van der Waals surface area contributed by atoms with E-state index in [-0.39, 0.29) is 10.7 Å². The molecule has 0 saturated heterocycles. The molecule has 3 N–H and O–H groups in total. The third-order valence-corrected chi connectivity index (χ3v) is 5.00. The van der Waals surface area contributed by atoms with Crippen molar-refractivity contribution in [3.63, 3.8) is 0 Å². The molecule has 29 heavy (non-hydrogen) atoms. The van der Waals surface area contributed by atoms with E-state index >= 15 is 0 Å². The molecule has 2 rings (SSSR count). The summed E-state index contributed by atoms with van der Waals surface area (Å²) < 4.78 is 23.6. The largest absolute Gasteiger partial charge is 0.336 e. The number of alkyl halides is 6. The molecule has 0 fully saturated rings. The highest BCUT2D eigenvalue weighted by atomic mass is 35.6. The van der Waals surface area contributed by atoms with Crippen molar-refractivity contribution in [1.29, 1.82) is 0 Å². The van der Waals surface area contributed by atoms with E-state index in [4.69, 9.17) is 81.2 Å². The van der Waals surface area contributed by atoms with Gasteiger partial charge in [-0.2, -0.15) is 18.4 Å². The molecule has 1 heterocycles. The van der Waals surface area contributed by atoms with Crippen molar-refractivity contribution in [2.75, 3.05) is 10.0 Å². The van der Waals surface area contributed by atoms with Crippen LogP contribution in [0.5, 0.6) is 0 Å². The number of urea groups is 1. The predicted molar refractivity (Wildman–Crippen MR) is 114 cm³/mol. The van der Waals surface area contributed by atoms with E-state index in [2.05, 4.69) is 19.7 Å². The lowest BCUT2D eigenvalue weighted by Gasteiger charge is -2.16. The number of hydrogen-bond acceptors (Lipinski definition) is 6. The fraction of sp³-hybridized carbons (Fsp3) is 0.167. The topological polar surface area (TPSA) is 126 Å². The third kappa shape index (κ3) is 7.48. The quantitative estimate of drug-likeness (QED) is 0.465. The van der Waals surface area contributed by atoms with E-state index in [0.29, 0.717) is 0 Å². The minimum Gasteiger partial charge on any atom is -0.275 e. The number of rotatable bonds is 4. The molecule has 2 aromatic rings. The molecule has 17 heteroatoms. The van der Waals surface area contributed by atoms with Crippen LogP contribution in [0, 0.1) is 0 Å². The fourth-order valence-electron chi connectivity index (χ4n) is 1.65. The van der Waals surface area contributed by atoms with Crippen molar-refractivity contribution in [1.82, 2.24) is 19.7 Å². The number of para-hydroxylation sites is 1. The zero-order valence-electron chi connectivity index (χ0n) is 13.4. The maximum absolute atomic E-state index is 12.1. The van der Waals surface area contributed by atoms with Gasteiger partial charge in [0.05, 0.1) is 10.7 Å². The lowest BCUT2D eigenvalue weighted by molar-refractivity contribution is 0.256. The van der Waals surface area contributed by atoms with E-state index in [1.165, 1.54) is 18.2 Å². The van der Waals surface area contributed by atoms with Gasteiger partial charge in [-0.25, -0.2) is 14.5 Å². The molecule has 0 aliphatic rings. The number of nitrogens with one attached hydrogen (secondary N) is 3. The molecule has 1 aromatic heterocycles. The lowest BCUT2D eigenvalue weighted by atomic mass is 10.3. The summed E-state index contributed by atoms with van der Waals surface area (Å²) in [7, 11) is -4.38. The summed E-state index contributed by atoms with van der Waals surface area (Å²) in [6, 6.07) is 4.67. The zero-order valence-corrected chi connectivity index (χ0v) is 19.5. The van der Waals surface area contributed by atoms with Crippen LogP contribution in [-0.2, 0) is 17.8 Å². The summed E-state index contributed by atoms with van der Waals surface area (Å²) in [6.07, 6.45) is 0. The first-order valence-corrected chi connectivity index (χ1v) is 11.1. The van der Waals surface area contributed by atoms with Gasteiger partial charge in [-0.1, -0.05) is 93.3 Å². The normalized spacial score (nSPS) is 12.4. The number of anilines is 2. The smallest absolute Gasteiger partial charge is 0.275 e. The van der Waals surface area contributed by atoms with Gasteiger partial charge < -0.3 is 0 Å². The van der Waals surface area contributed by atoms with Gasteiger partial charge in [0, 0.05) is 0 Å². The molecule has 0 aliphatic heterocycles. The number of halogens is 7. The Kier molecular flexibility index (Phi) is 7.78. The van der Waals surface area contributed by atoms with Crippen molar-refractivity contribution in [3.8, 4) is 0 Å². The average molecular weight is 563 g/mol. The summed E-state index contributed by atoms with van der Waals surface area (Å²) in [6.45, 7) is 0. The predicted octanol–water partition coefficient (Wildman–Crippen LogP) is 4.66. The highest BCUT2D eigenvalue weighted by molar-refractivity contribution is 7.91. The van der Waals surface area contributed by atoms with Crippen LogP contribution in [0.4, 0.5) is 16.4 Å². The van der Waals surface area contributed by atoms with Gasteiger partial charge >= 0.3 is 16.2 Å². The summed E-state index contributed by atoms with van der Waals surface area (Å²) in [5.41, 5.74) is 0.0339. The minimum absolute atomic E-state index is 0.0339. The molecule has 0 bridgehead atoms. The second kappa shape index (κ2) is 9.19. The van der Waals surface area contributed by atoms with Crippen LogP contribution >= 0.6 is 81.2 Å². The van der Waals surface area contributed by atoms with Crippen LogP contribution in [0.3, 0.4) is 0 Å². The van der Waals surface area contributed by atoms with Gasteiger partial charge in [0.2, 0.25) is 13.5 Å². The Bertz CT molecular complexity index is 993. The van der Waals surface area contributed by atoms with E-state index < -0.39 is 41.4 Å². The van der Waals surface area contributed by atoms with E-state index in [9.17, 15) is 13.2 Å². The number of benzene rings is 1. The molecule has 9 nitrogen and oxygen atoms in total. The Hall–Kier alpha value is -0.720. The monoisotopic (exact) mass is 560 g/mol. The van der Waals surface area contributed by atoms with Crippen molar-refractivity contribution >= 4 is 109 Å². The van der Waals surface area contributed by atoms with Crippen molar-refractivity contribution < 1.29 is 13.2 Å². The second-order valence-electron chi connectivity index (χ2n) is 4.94. The third-order valence-electron chi connectivity index (χ3n) is 2.71. The highest BCUT2D eigenvalue weighted by Gasteiger charge is 2.34. The maximum Gasteiger partial charge on any atom is 0.336 e. The zero-order chi connectivity index (χ0) is 22.0. The van der Waals surface area contributed by atoms with Gasteiger partial charge in [-0.05, 0) is 12.1 Å². The maximum atomic E-state index is 12.1. The summed E-state index contributed by atoms with van der Waals surface area (Å²) in [5, 5.41) is 2.11. The Morgan fingerprint density at radius 1 is 0.897 bits per heavy atom. The SMILES string of the molecule is O=C(Nc1nc(C(Cl)(Cl)Cl)nc(C(Cl)(Cl)Cl)n1)NS(=O)(=O)Nc1ccccc1Cl. The van der Waals surface area contributed by atoms with Crippen LogP contribution in [0.1, 0.15) is 11.6 Å². The molecular formula is C12H7Cl7N6O3S. The molecule has 0 aliphatic carbocycles. The Labute approximate surface area is 199 Å². The molecule has 0 unspecified atom stereocenters. The number of nitrogens with zero attached hydrogens (tertiary/aromatic N) is 3. The second-order valence-corrected chi connectivity index (χ2v) is 11.3. The van der Waals surface area contributed by atoms with Crippen LogP contribution in [-0.4, -0.2) is 29.4 Å². The van der Waals surface area contributed by atoms with Gasteiger partial charge in [0.25, 0.3) is 0 Å². The van der Waals surface area contributed by atoms with E-state index in [0.717, 1.165) is 0 Å². The van der Waals surface area contributed by atoms with E-state index in [1.807, 2.05) is 5.32 Å². The summed E-state index contributed by atoms with van der Waals surface area (Å²) >= 11 is 40.1. The number of amides is 2. The standard InChI is InChI=1S/C12H7Cl7N6O3S/c13-5-3-1-2-4-6(5)24-29(27,28)25-10(26)23-9-21-7(11(14,15)16)20-8(22-9)12(17,18)19/h1-4,24H,(H2,20,21,22,23,25,26). The molecule has 1 aromatic carbocycles. The van der Waals surface area contributed by atoms with Crippen molar-refractivity contribution in [2.24, 2.45) is 0 Å². The van der Waals surface area contributed by atoms with E-state index in [1.54, 1.807) is 10.8 Å². The Morgan fingerprint density at radius 3 is 1.90 bits per heavy atom. The molecule has 158 valence electrons. The first kappa shape index (κ1) is 24.5. The van der Waals surface area contributed by atoms with Gasteiger partial charge in [0.1, 0.15) is 0 Å². The first-order chi connectivity index (χ1) is 13.2. The van der Waals surface area contributed by atoms with Crippen LogP contribution in [0.2, 0.25) is 5.02 Å². The number of carbonyl (C=O) groups is 1. The number of carbonyl (C=O) groups excluding carboxylic acids is 1. The summed E-state index contributed by atoms with van der Waals surface area (Å²) in [4.78, 5) is 23.1. The molecule has 0 atom stereocenters. The van der Waals surface area contributed by atoms with Crippen molar-refractivity contribution in [3.05, 3.63) is 40.9 Å². The fourth-order valence-corrected chi connectivity index (χ4v) is 3.21. The van der Waals surface area contributed by atoms with Gasteiger partial charge in [-0.15, -0.1) is 0 Å². The molecular weight excluding hydrogens is 556 g/mol. The lowest BCUT2D eigenvalue weighted by Crippen LogP contribution is -2.39. The minimum atomic E-state index is -4.38. The Balaban J connectivity index is 2.22. The highest BCUT2D eigenvalue weighted by Crippen LogP contribution is 2.40. The average Bonchev–Trinajstić information content (AvgIpc) is 2.54. The molecule has 0 radical (unpaired) electrons. The molecule has 2 amide bonds.